The number of ether oxygens (including phenoxy) is 1. The van der Waals surface area contributed by atoms with Crippen molar-refractivity contribution in [3.63, 3.8) is 0 Å². The molecule has 3 rings (SSSR count). The molecule has 2 unspecified atom stereocenters. The van der Waals surface area contributed by atoms with Gasteiger partial charge in [-0.25, -0.2) is 4.39 Å². The Balaban J connectivity index is 0.00000225. The van der Waals surface area contributed by atoms with E-state index in [0.717, 1.165) is 36.1 Å². The molecule has 132 valence electrons. The zero-order chi connectivity index (χ0) is 17.2. The van der Waals surface area contributed by atoms with E-state index in [2.05, 4.69) is 11.0 Å². The van der Waals surface area contributed by atoms with Crippen molar-refractivity contribution in [3.05, 3.63) is 71.0 Å². The maximum atomic E-state index is 13.4. The lowest BCUT2D eigenvalue weighted by Gasteiger charge is -2.31. The van der Waals surface area contributed by atoms with Crippen LogP contribution in [0.3, 0.4) is 0 Å². The Morgan fingerprint density at radius 1 is 1.16 bits per heavy atom. The number of halogens is 2. The van der Waals surface area contributed by atoms with Crippen molar-refractivity contribution in [2.75, 3.05) is 20.6 Å². The van der Waals surface area contributed by atoms with E-state index in [1.165, 1.54) is 12.1 Å². The molecular formula is C20H22BrFN2O. The molecule has 0 bridgehead atoms. The average Bonchev–Trinajstić information content (AvgIpc) is 2.90. The van der Waals surface area contributed by atoms with Gasteiger partial charge in [0.2, 0.25) is 0 Å². The summed E-state index contributed by atoms with van der Waals surface area (Å²) in [5, 5.41) is 9.51. The maximum Gasteiger partial charge on any atom is 0.171 e. The summed E-state index contributed by atoms with van der Waals surface area (Å²) < 4.78 is 19.7. The molecule has 5 heteroatoms. The van der Waals surface area contributed by atoms with E-state index in [4.69, 9.17) is 4.74 Å². The van der Waals surface area contributed by atoms with Gasteiger partial charge in [0.25, 0.3) is 0 Å². The predicted octanol–water partition coefficient (Wildman–Crippen LogP) is 4.58. The summed E-state index contributed by atoms with van der Waals surface area (Å²) in [5.74, 6) is -0.273. The molecule has 2 atom stereocenters. The van der Waals surface area contributed by atoms with Crippen molar-refractivity contribution >= 4 is 17.0 Å². The smallest absolute Gasteiger partial charge is 0.171 e. The van der Waals surface area contributed by atoms with Crippen LogP contribution >= 0.6 is 17.0 Å². The third-order valence-corrected chi connectivity index (χ3v) is 4.56. The van der Waals surface area contributed by atoms with Gasteiger partial charge in [0.1, 0.15) is 11.4 Å². The summed E-state index contributed by atoms with van der Waals surface area (Å²) in [4.78, 5) is 2.13. The van der Waals surface area contributed by atoms with Crippen molar-refractivity contribution in [1.82, 2.24) is 4.90 Å². The second-order valence-electron chi connectivity index (χ2n) is 6.45. The van der Waals surface area contributed by atoms with Gasteiger partial charge in [-0.15, -0.1) is 17.0 Å². The highest BCUT2D eigenvalue weighted by Gasteiger charge is 2.45. The standard InChI is InChI=1S/C20H21FN2O.BrH/c1-23(2)13-5-12-20(15-8-10-16(21)11-9-15)18-7-4-3-6-17(18)19(14-22)24-20;/h3-4,6-11,19H,5,12-13H2,1-2H3;1H. The number of nitriles is 1. The van der Waals surface area contributed by atoms with Crippen LogP contribution in [-0.4, -0.2) is 25.5 Å². The topological polar surface area (TPSA) is 36.3 Å². The van der Waals surface area contributed by atoms with E-state index in [-0.39, 0.29) is 22.8 Å². The molecule has 25 heavy (non-hydrogen) atoms. The molecule has 0 spiro atoms. The van der Waals surface area contributed by atoms with Crippen molar-refractivity contribution in [1.29, 1.82) is 5.26 Å². The third kappa shape index (κ3) is 3.77. The summed E-state index contributed by atoms with van der Waals surface area (Å²) in [5.41, 5.74) is 2.13. The first-order valence-electron chi connectivity index (χ1n) is 8.14. The van der Waals surface area contributed by atoms with E-state index in [9.17, 15) is 9.65 Å². The van der Waals surface area contributed by atoms with Gasteiger partial charge in [0.05, 0.1) is 6.07 Å². The van der Waals surface area contributed by atoms with Crippen LogP contribution in [0.15, 0.2) is 48.5 Å². The van der Waals surface area contributed by atoms with Crippen LogP contribution in [0, 0.1) is 17.1 Å². The van der Waals surface area contributed by atoms with Crippen LogP contribution in [-0.2, 0) is 10.3 Å². The highest BCUT2D eigenvalue weighted by molar-refractivity contribution is 8.93. The summed E-state index contributed by atoms with van der Waals surface area (Å²) in [6, 6.07) is 16.5. The van der Waals surface area contributed by atoms with E-state index >= 15 is 0 Å². The lowest BCUT2D eigenvalue weighted by Crippen LogP contribution is -2.29. The first kappa shape index (κ1) is 19.6. The van der Waals surface area contributed by atoms with Crippen LogP contribution in [0.1, 0.15) is 35.6 Å². The number of hydrogen-bond donors (Lipinski definition) is 0. The normalized spacial score (nSPS) is 21.5. The Kier molecular flexibility index (Phi) is 6.34. The Morgan fingerprint density at radius 3 is 2.48 bits per heavy atom. The molecule has 0 saturated carbocycles. The Bertz CT molecular complexity index is 757. The largest absolute Gasteiger partial charge is 0.343 e. The highest BCUT2D eigenvalue weighted by atomic mass is 79.9. The van der Waals surface area contributed by atoms with E-state index in [0.29, 0.717) is 0 Å². The quantitative estimate of drug-likeness (QED) is 0.731. The predicted molar refractivity (Wildman–Crippen MR) is 101 cm³/mol. The van der Waals surface area contributed by atoms with Gasteiger partial charge in [-0.05, 0) is 56.7 Å². The molecule has 0 aromatic heterocycles. The lowest BCUT2D eigenvalue weighted by molar-refractivity contribution is -0.0327. The zero-order valence-electron chi connectivity index (χ0n) is 14.4. The maximum absolute atomic E-state index is 13.4. The fourth-order valence-corrected chi connectivity index (χ4v) is 3.44. The van der Waals surface area contributed by atoms with E-state index in [1.54, 1.807) is 12.1 Å². The van der Waals surface area contributed by atoms with Crippen molar-refractivity contribution in [3.8, 4) is 6.07 Å². The molecule has 1 aliphatic rings. The van der Waals surface area contributed by atoms with E-state index in [1.807, 2.05) is 38.4 Å². The minimum absolute atomic E-state index is 0. The molecule has 1 heterocycles. The molecule has 0 radical (unpaired) electrons. The Labute approximate surface area is 158 Å². The summed E-state index contributed by atoms with van der Waals surface area (Å²) >= 11 is 0. The van der Waals surface area contributed by atoms with Crippen LogP contribution in [0.2, 0.25) is 0 Å². The molecule has 0 amide bonds. The molecule has 0 fully saturated rings. The summed E-state index contributed by atoms with van der Waals surface area (Å²) in [7, 11) is 4.07. The summed E-state index contributed by atoms with van der Waals surface area (Å²) in [6.45, 7) is 0.922. The molecular weight excluding hydrogens is 383 g/mol. The average molecular weight is 405 g/mol. The second kappa shape index (κ2) is 8.09. The fourth-order valence-electron chi connectivity index (χ4n) is 3.44. The molecule has 0 N–H and O–H groups in total. The second-order valence-corrected chi connectivity index (χ2v) is 6.45. The van der Waals surface area contributed by atoms with Gasteiger partial charge in [-0.1, -0.05) is 36.4 Å². The van der Waals surface area contributed by atoms with Crippen LogP contribution < -0.4 is 0 Å². The van der Waals surface area contributed by atoms with Crippen LogP contribution in [0.5, 0.6) is 0 Å². The monoisotopic (exact) mass is 404 g/mol. The third-order valence-electron chi connectivity index (χ3n) is 4.56. The van der Waals surface area contributed by atoms with E-state index < -0.39 is 11.7 Å². The van der Waals surface area contributed by atoms with Crippen molar-refractivity contribution in [2.24, 2.45) is 0 Å². The van der Waals surface area contributed by atoms with Crippen LogP contribution in [0.25, 0.3) is 0 Å². The number of nitrogens with zero attached hydrogens (tertiary/aromatic N) is 2. The molecule has 0 aliphatic carbocycles. The Hall–Kier alpha value is -1.74. The minimum Gasteiger partial charge on any atom is -0.343 e. The number of rotatable bonds is 5. The Morgan fingerprint density at radius 2 is 1.84 bits per heavy atom. The number of benzene rings is 2. The van der Waals surface area contributed by atoms with Gasteiger partial charge in [-0.2, -0.15) is 5.26 Å². The number of fused-ring (bicyclic) bond motifs is 1. The number of hydrogen-bond acceptors (Lipinski definition) is 3. The first-order valence-corrected chi connectivity index (χ1v) is 8.14. The van der Waals surface area contributed by atoms with Gasteiger partial charge in [0, 0.05) is 5.56 Å². The first-order chi connectivity index (χ1) is 11.6. The SMILES string of the molecule is Br.CN(C)CCCC1(c2ccc(F)cc2)OC(C#N)c2ccccc21. The van der Waals surface area contributed by atoms with Crippen LogP contribution in [0.4, 0.5) is 4.39 Å². The molecule has 2 aromatic rings. The van der Waals surface area contributed by atoms with Crippen molar-refractivity contribution in [2.45, 2.75) is 24.5 Å². The zero-order valence-corrected chi connectivity index (χ0v) is 16.1. The van der Waals surface area contributed by atoms with Gasteiger partial charge in [-0.3, -0.25) is 0 Å². The van der Waals surface area contributed by atoms with Gasteiger partial charge >= 0.3 is 0 Å². The molecule has 2 aromatic carbocycles. The fraction of sp³-hybridized carbons (Fsp3) is 0.350. The molecule has 1 aliphatic heterocycles. The lowest BCUT2D eigenvalue weighted by atomic mass is 9.81. The minimum atomic E-state index is -0.694. The molecule has 3 nitrogen and oxygen atoms in total. The van der Waals surface area contributed by atoms with Gasteiger partial charge in [0.15, 0.2) is 6.10 Å². The summed E-state index contributed by atoms with van der Waals surface area (Å²) in [6.07, 6.45) is 1.06. The van der Waals surface area contributed by atoms with Crippen molar-refractivity contribution < 1.29 is 9.13 Å². The highest BCUT2D eigenvalue weighted by Crippen LogP contribution is 2.50. The van der Waals surface area contributed by atoms with Gasteiger partial charge < -0.3 is 9.64 Å². The molecule has 0 saturated heterocycles.